The van der Waals surface area contributed by atoms with Gasteiger partial charge in [0.15, 0.2) is 0 Å². The average Bonchev–Trinajstić information content (AvgIpc) is 2.82. The number of hydrogen-bond donors (Lipinski definition) is 2. The lowest BCUT2D eigenvalue weighted by Gasteiger charge is -2.25. The zero-order valence-electron chi connectivity index (χ0n) is 10.9. The van der Waals surface area contributed by atoms with E-state index in [2.05, 4.69) is 5.32 Å². The first-order chi connectivity index (χ1) is 8.42. The fourth-order valence-electron chi connectivity index (χ4n) is 2.01. The largest absolute Gasteiger partial charge is 0.385 e. The number of nitrogens with one attached hydrogen (secondary N) is 1. The van der Waals surface area contributed by atoms with E-state index in [0.717, 1.165) is 10.4 Å². The van der Waals surface area contributed by atoms with Gasteiger partial charge in [-0.15, -0.1) is 11.3 Å². The monoisotopic (exact) mass is 269 g/mol. The Kier molecular flexibility index (Phi) is 3.75. The Morgan fingerprint density at radius 1 is 1.67 bits per heavy atom. The second-order valence-corrected chi connectivity index (χ2v) is 6.16. The van der Waals surface area contributed by atoms with Gasteiger partial charge in [-0.25, -0.2) is 0 Å². The third-order valence-electron chi connectivity index (χ3n) is 3.60. The quantitative estimate of drug-likeness (QED) is 0.877. The first-order valence-electron chi connectivity index (χ1n) is 6.11. The molecule has 1 aromatic heterocycles. The number of ether oxygens (including phenoxy) is 1. The van der Waals surface area contributed by atoms with Gasteiger partial charge in [0.2, 0.25) is 0 Å². The van der Waals surface area contributed by atoms with Crippen LogP contribution in [0.2, 0.25) is 0 Å². The highest BCUT2D eigenvalue weighted by Crippen LogP contribution is 2.25. The van der Waals surface area contributed by atoms with Gasteiger partial charge in [0, 0.05) is 24.4 Å². The molecule has 5 heteroatoms. The summed E-state index contributed by atoms with van der Waals surface area (Å²) < 4.78 is 5.33. The number of thiophene rings is 1. The molecule has 2 unspecified atom stereocenters. The van der Waals surface area contributed by atoms with Crippen LogP contribution in [-0.2, 0) is 4.74 Å². The van der Waals surface area contributed by atoms with E-state index in [9.17, 15) is 9.90 Å². The molecule has 100 valence electrons. The van der Waals surface area contributed by atoms with E-state index < -0.39 is 5.60 Å². The van der Waals surface area contributed by atoms with Crippen LogP contribution in [0.15, 0.2) is 6.07 Å². The molecule has 1 saturated heterocycles. The molecule has 2 heterocycles. The molecule has 0 aliphatic carbocycles. The zero-order valence-corrected chi connectivity index (χ0v) is 11.8. The Bertz CT molecular complexity index is 438. The summed E-state index contributed by atoms with van der Waals surface area (Å²) in [4.78, 5) is 13.8. The predicted molar refractivity (Wildman–Crippen MR) is 71.1 cm³/mol. The lowest BCUT2D eigenvalue weighted by Crippen LogP contribution is -2.47. The second kappa shape index (κ2) is 4.99. The number of hydrogen-bond acceptors (Lipinski definition) is 4. The van der Waals surface area contributed by atoms with Crippen LogP contribution in [0.1, 0.15) is 33.5 Å². The zero-order chi connectivity index (χ0) is 13.3. The molecule has 0 spiro atoms. The van der Waals surface area contributed by atoms with Gasteiger partial charge in [0.05, 0.1) is 11.0 Å². The molecule has 1 aromatic rings. The summed E-state index contributed by atoms with van der Waals surface area (Å²) in [7, 11) is 0. The highest BCUT2D eigenvalue weighted by atomic mass is 32.1. The van der Waals surface area contributed by atoms with E-state index in [1.54, 1.807) is 0 Å². The van der Waals surface area contributed by atoms with Crippen LogP contribution in [0.4, 0.5) is 0 Å². The van der Waals surface area contributed by atoms with Gasteiger partial charge >= 0.3 is 0 Å². The van der Waals surface area contributed by atoms with Crippen LogP contribution in [-0.4, -0.2) is 35.9 Å². The summed E-state index contributed by atoms with van der Waals surface area (Å²) >= 11 is 1.48. The molecular formula is C13H19NO3S. The molecule has 1 aliphatic rings. The Labute approximate surface area is 111 Å². The summed E-state index contributed by atoms with van der Waals surface area (Å²) in [6, 6.07) is 1.88. The molecular weight excluding hydrogens is 250 g/mol. The fraction of sp³-hybridized carbons (Fsp3) is 0.615. The standard InChI is InChI=1S/C13H19NO3S/c1-8-6-11(18-9(8)2)12(15)14-7-13(16)4-5-17-10(13)3/h6,10,16H,4-5,7H2,1-3H3,(H,14,15). The summed E-state index contributed by atoms with van der Waals surface area (Å²) in [5.74, 6) is -0.122. The molecule has 2 rings (SSSR count). The van der Waals surface area contributed by atoms with Crippen molar-refractivity contribution in [3.63, 3.8) is 0 Å². The lowest BCUT2D eigenvalue weighted by molar-refractivity contribution is -0.0251. The molecule has 0 radical (unpaired) electrons. The first-order valence-corrected chi connectivity index (χ1v) is 6.93. The molecule has 2 atom stereocenters. The second-order valence-electron chi connectivity index (χ2n) is 4.90. The summed E-state index contributed by atoms with van der Waals surface area (Å²) in [5.41, 5.74) is 0.193. The highest BCUT2D eigenvalue weighted by Gasteiger charge is 2.39. The number of aryl methyl sites for hydroxylation is 2. The molecule has 0 saturated carbocycles. The molecule has 0 aromatic carbocycles. The van der Waals surface area contributed by atoms with Crippen molar-refractivity contribution in [3.8, 4) is 0 Å². The van der Waals surface area contributed by atoms with Crippen molar-refractivity contribution >= 4 is 17.2 Å². The van der Waals surface area contributed by atoms with E-state index in [-0.39, 0.29) is 18.6 Å². The topological polar surface area (TPSA) is 58.6 Å². The summed E-state index contributed by atoms with van der Waals surface area (Å²) in [6.07, 6.45) is 0.335. The third-order valence-corrected chi connectivity index (χ3v) is 4.76. The molecule has 2 N–H and O–H groups in total. The number of amides is 1. The van der Waals surface area contributed by atoms with Crippen LogP contribution in [0.25, 0.3) is 0 Å². The number of carbonyl (C=O) groups excluding carboxylic acids is 1. The SMILES string of the molecule is Cc1cc(C(=O)NCC2(O)CCOC2C)sc1C. The van der Waals surface area contributed by atoms with Gasteiger partial charge < -0.3 is 15.2 Å². The van der Waals surface area contributed by atoms with Crippen molar-refractivity contribution in [1.82, 2.24) is 5.32 Å². The molecule has 1 fully saturated rings. The van der Waals surface area contributed by atoms with Gasteiger partial charge in [-0.3, -0.25) is 4.79 Å². The molecule has 1 aliphatic heterocycles. The lowest BCUT2D eigenvalue weighted by atomic mass is 9.97. The number of rotatable bonds is 3. The van der Waals surface area contributed by atoms with E-state index >= 15 is 0 Å². The van der Waals surface area contributed by atoms with Crippen molar-refractivity contribution < 1.29 is 14.6 Å². The molecule has 4 nitrogen and oxygen atoms in total. The maximum atomic E-state index is 12.0. The third kappa shape index (κ3) is 2.58. The highest BCUT2D eigenvalue weighted by molar-refractivity contribution is 7.14. The maximum absolute atomic E-state index is 12.0. The molecule has 0 bridgehead atoms. The van der Waals surface area contributed by atoms with Crippen LogP contribution in [0, 0.1) is 13.8 Å². The van der Waals surface area contributed by atoms with Gasteiger partial charge in [-0.05, 0) is 32.4 Å². The van der Waals surface area contributed by atoms with Crippen molar-refractivity contribution in [1.29, 1.82) is 0 Å². The summed E-state index contributed by atoms with van der Waals surface area (Å²) in [6.45, 7) is 6.60. The first kappa shape index (κ1) is 13.5. The Hall–Kier alpha value is -0.910. The van der Waals surface area contributed by atoms with Crippen molar-refractivity contribution in [2.45, 2.75) is 38.9 Å². The number of carbonyl (C=O) groups is 1. The smallest absolute Gasteiger partial charge is 0.261 e. The fourth-order valence-corrected chi connectivity index (χ4v) is 2.96. The van der Waals surface area contributed by atoms with Gasteiger partial charge in [-0.1, -0.05) is 0 Å². The summed E-state index contributed by atoms with van der Waals surface area (Å²) in [5, 5.41) is 13.1. The molecule has 1 amide bonds. The van der Waals surface area contributed by atoms with Gasteiger partial charge in [0.1, 0.15) is 5.60 Å². The average molecular weight is 269 g/mol. The van der Waals surface area contributed by atoms with E-state index in [1.165, 1.54) is 11.3 Å². The minimum atomic E-state index is -0.934. The van der Waals surface area contributed by atoms with Crippen molar-refractivity contribution in [2.24, 2.45) is 0 Å². The minimum Gasteiger partial charge on any atom is -0.385 e. The van der Waals surface area contributed by atoms with Crippen molar-refractivity contribution in [2.75, 3.05) is 13.2 Å². The van der Waals surface area contributed by atoms with Gasteiger partial charge in [0.25, 0.3) is 5.91 Å². The van der Waals surface area contributed by atoms with Crippen LogP contribution < -0.4 is 5.32 Å². The predicted octanol–water partition coefficient (Wildman–Crippen LogP) is 1.63. The maximum Gasteiger partial charge on any atom is 0.261 e. The minimum absolute atomic E-state index is 0.122. The van der Waals surface area contributed by atoms with E-state index in [1.807, 2.05) is 26.8 Å². The van der Waals surface area contributed by atoms with Crippen molar-refractivity contribution in [3.05, 3.63) is 21.4 Å². The Morgan fingerprint density at radius 3 is 2.89 bits per heavy atom. The van der Waals surface area contributed by atoms with Crippen LogP contribution >= 0.6 is 11.3 Å². The Balaban J connectivity index is 1.96. The Morgan fingerprint density at radius 2 is 2.39 bits per heavy atom. The van der Waals surface area contributed by atoms with Crippen LogP contribution in [0.3, 0.4) is 0 Å². The normalized spacial score (nSPS) is 27.4. The van der Waals surface area contributed by atoms with E-state index in [0.29, 0.717) is 17.9 Å². The molecule has 18 heavy (non-hydrogen) atoms. The van der Waals surface area contributed by atoms with Gasteiger partial charge in [-0.2, -0.15) is 0 Å². The number of aliphatic hydroxyl groups is 1. The van der Waals surface area contributed by atoms with E-state index in [4.69, 9.17) is 4.74 Å². The van der Waals surface area contributed by atoms with Crippen LogP contribution in [0.5, 0.6) is 0 Å².